The van der Waals surface area contributed by atoms with Gasteiger partial charge in [0.1, 0.15) is 11.6 Å². The van der Waals surface area contributed by atoms with Crippen molar-refractivity contribution in [2.45, 2.75) is 19.4 Å². The van der Waals surface area contributed by atoms with E-state index >= 15 is 0 Å². The molecule has 0 saturated carbocycles. The number of benzene rings is 2. The van der Waals surface area contributed by atoms with E-state index in [1.807, 2.05) is 0 Å². The number of halogens is 1. The first kappa shape index (κ1) is 18.9. The molecule has 1 fully saturated rings. The zero-order valence-corrected chi connectivity index (χ0v) is 15.3. The topological polar surface area (TPSA) is 58.6 Å². The van der Waals surface area contributed by atoms with Crippen LogP contribution >= 0.6 is 0 Å². The van der Waals surface area contributed by atoms with Gasteiger partial charge in [-0.3, -0.25) is 9.59 Å². The summed E-state index contributed by atoms with van der Waals surface area (Å²) in [5.74, 6) is 0.181. The molecule has 1 saturated heterocycles. The van der Waals surface area contributed by atoms with Gasteiger partial charge in [-0.25, -0.2) is 4.39 Å². The number of carbonyl (C=O) groups is 2. The summed E-state index contributed by atoms with van der Waals surface area (Å²) in [6, 6.07) is 13.2. The molecule has 1 heterocycles. The molecule has 0 radical (unpaired) electrons. The second-order valence-electron chi connectivity index (χ2n) is 6.64. The summed E-state index contributed by atoms with van der Waals surface area (Å²) in [6.45, 7) is 1.47. The number of nitrogens with zero attached hydrogens (tertiary/aromatic N) is 1. The molecule has 0 atom stereocenters. The second kappa shape index (κ2) is 8.66. The number of amides is 2. The van der Waals surface area contributed by atoms with E-state index in [9.17, 15) is 14.0 Å². The van der Waals surface area contributed by atoms with Crippen molar-refractivity contribution in [3.8, 4) is 5.75 Å². The Morgan fingerprint density at radius 1 is 1.15 bits per heavy atom. The van der Waals surface area contributed by atoms with Crippen LogP contribution in [0.3, 0.4) is 0 Å². The highest BCUT2D eigenvalue weighted by Gasteiger charge is 2.27. The summed E-state index contributed by atoms with van der Waals surface area (Å²) in [4.78, 5) is 26.8. The van der Waals surface area contributed by atoms with E-state index in [1.165, 1.54) is 12.1 Å². The smallest absolute Gasteiger partial charge is 0.253 e. The first-order valence-electron chi connectivity index (χ1n) is 9.02. The maximum Gasteiger partial charge on any atom is 0.253 e. The summed E-state index contributed by atoms with van der Waals surface area (Å²) in [5, 5.41) is 2.90. The van der Waals surface area contributed by atoms with Gasteiger partial charge in [-0.15, -0.1) is 0 Å². The minimum Gasteiger partial charge on any atom is -0.497 e. The van der Waals surface area contributed by atoms with Crippen LogP contribution in [0.1, 0.15) is 28.8 Å². The van der Waals surface area contributed by atoms with Crippen molar-refractivity contribution in [3.05, 3.63) is 65.5 Å². The first-order valence-corrected chi connectivity index (χ1v) is 9.02. The number of rotatable bonds is 5. The number of nitrogens with one attached hydrogen (secondary N) is 1. The van der Waals surface area contributed by atoms with Crippen LogP contribution in [0.4, 0.5) is 4.39 Å². The molecule has 1 aliphatic heterocycles. The van der Waals surface area contributed by atoms with E-state index in [0.717, 1.165) is 5.56 Å². The summed E-state index contributed by atoms with van der Waals surface area (Å²) in [7, 11) is 1.57. The summed E-state index contributed by atoms with van der Waals surface area (Å²) < 4.78 is 18.1. The van der Waals surface area contributed by atoms with Crippen molar-refractivity contribution in [2.24, 2.45) is 5.92 Å². The molecular formula is C21H23FN2O3. The molecule has 0 aliphatic carbocycles. The number of hydrogen-bond acceptors (Lipinski definition) is 3. The number of hydrogen-bond donors (Lipinski definition) is 1. The lowest BCUT2D eigenvalue weighted by molar-refractivity contribution is -0.126. The standard InChI is InChI=1S/C21H23FN2O3/c1-27-19-4-2-3-17(13-19)21(26)24-11-9-16(10-12-24)20(25)23-14-15-5-7-18(22)8-6-15/h2-8,13,16H,9-12,14H2,1H3,(H,23,25). The monoisotopic (exact) mass is 370 g/mol. The maximum absolute atomic E-state index is 12.9. The molecule has 2 aromatic rings. The summed E-state index contributed by atoms with van der Waals surface area (Å²) in [5.41, 5.74) is 1.45. The molecule has 1 N–H and O–H groups in total. The highest BCUT2D eigenvalue weighted by molar-refractivity contribution is 5.94. The van der Waals surface area contributed by atoms with Gasteiger partial charge in [-0.2, -0.15) is 0 Å². The number of ether oxygens (including phenoxy) is 1. The Morgan fingerprint density at radius 3 is 2.52 bits per heavy atom. The van der Waals surface area contributed by atoms with Crippen molar-refractivity contribution in [2.75, 3.05) is 20.2 Å². The average Bonchev–Trinajstić information content (AvgIpc) is 2.72. The van der Waals surface area contributed by atoms with Gasteiger partial charge in [0.05, 0.1) is 7.11 Å². The number of likely N-dealkylation sites (tertiary alicyclic amines) is 1. The molecule has 0 spiro atoms. The molecule has 27 heavy (non-hydrogen) atoms. The number of piperidine rings is 1. The largest absolute Gasteiger partial charge is 0.497 e. The van der Waals surface area contributed by atoms with Crippen molar-refractivity contribution < 1.29 is 18.7 Å². The third kappa shape index (κ3) is 4.84. The molecule has 5 nitrogen and oxygen atoms in total. The van der Waals surface area contributed by atoms with E-state index in [1.54, 1.807) is 48.4 Å². The van der Waals surface area contributed by atoms with Gasteiger partial charge < -0.3 is 15.0 Å². The first-order chi connectivity index (χ1) is 13.1. The fourth-order valence-electron chi connectivity index (χ4n) is 3.22. The van der Waals surface area contributed by atoms with Crippen molar-refractivity contribution in [1.29, 1.82) is 0 Å². The van der Waals surface area contributed by atoms with Gasteiger partial charge in [0.25, 0.3) is 5.91 Å². The molecule has 142 valence electrons. The molecular weight excluding hydrogens is 347 g/mol. The summed E-state index contributed by atoms with van der Waals surface area (Å²) >= 11 is 0. The fourth-order valence-corrected chi connectivity index (χ4v) is 3.22. The second-order valence-corrected chi connectivity index (χ2v) is 6.64. The molecule has 3 rings (SSSR count). The molecule has 6 heteroatoms. The van der Waals surface area contributed by atoms with E-state index in [-0.39, 0.29) is 23.5 Å². The van der Waals surface area contributed by atoms with Crippen LogP contribution < -0.4 is 10.1 Å². The molecule has 1 aliphatic rings. The Morgan fingerprint density at radius 2 is 1.85 bits per heavy atom. The zero-order chi connectivity index (χ0) is 19.2. The normalized spacial score (nSPS) is 14.7. The Kier molecular flexibility index (Phi) is 6.06. The highest BCUT2D eigenvalue weighted by Crippen LogP contribution is 2.21. The third-order valence-electron chi connectivity index (χ3n) is 4.85. The minimum atomic E-state index is -0.293. The molecule has 0 bridgehead atoms. The third-order valence-corrected chi connectivity index (χ3v) is 4.85. The van der Waals surface area contributed by atoms with Crippen LogP contribution in [0.15, 0.2) is 48.5 Å². The van der Waals surface area contributed by atoms with Crippen LogP contribution in [-0.4, -0.2) is 36.9 Å². The van der Waals surface area contributed by atoms with Crippen LogP contribution in [0.5, 0.6) is 5.75 Å². The molecule has 2 aromatic carbocycles. The molecule has 0 aromatic heterocycles. The van der Waals surface area contributed by atoms with E-state index < -0.39 is 0 Å². The maximum atomic E-state index is 12.9. The molecule has 0 unspecified atom stereocenters. The highest BCUT2D eigenvalue weighted by atomic mass is 19.1. The van der Waals surface area contributed by atoms with Gasteiger partial charge in [0.2, 0.25) is 5.91 Å². The van der Waals surface area contributed by atoms with Gasteiger partial charge in [0, 0.05) is 31.1 Å². The van der Waals surface area contributed by atoms with Gasteiger partial charge >= 0.3 is 0 Å². The Balaban J connectivity index is 1.49. The lowest BCUT2D eigenvalue weighted by Crippen LogP contribution is -2.42. The summed E-state index contributed by atoms with van der Waals surface area (Å²) in [6.07, 6.45) is 1.26. The predicted octanol–water partition coefficient (Wildman–Crippen LogP) is 3.00. The number of carbonyl (C=O) groups excluding carboxylic acids is 2. The lowest BCUT2D eigenvalue weighted by Gasteiger charge is -2.31. The van der Waals surface area contributed by atoms with Crippen LogP contribution in [0.25, 0.3) is 0 Å². The number of methoxy groups -OCH3 is 1. The van der Waals surface area contributed by atoms with E-state index in [2.05, 4.69) is 5.32 Å². The fraction of sp³-hybridized carbons (Fsp3) is 0.333. The van der Waals surface area contributed by atoms with Crippen LogP contribution in [-0.2, 0) is 11.3 Å². The van der Waals surface area contributed by atoms with E-state index in [0.29, 0.717) is 43.8 Å². The lowest BCUT2D eigenvalue weighted by atomic mass is 9.95. The van der Waals surface area contributed by atoms with Gasteiger partial charge in [-0.1, -0.05) is 18.2 Å². The van der Waals surface area contributed by atoms with Gasteiger partial charge in [-0.05, 0) is 48.7 Å². The van der Waals surface area contributed by atoms with Crippen LogP contribution in [0.2, 0.25) is 0 Å². The minimum absolute atomic E-state index is 0.0206. The predicted molar refractivity (Wildman–Crippen MR) is 99.9 cm³/mol. The Labute approximate surface area is 158 Å². The zero-order valence-electron chi connectivity index (χ0n) is 15.3. The van der Waals surface area contributed by atoms with Crippen molar-refractivity contribution in [1.82, 2.24) is 10.2 Å². The van der Waals surface area contributed by atoms with E-state index in [4.69, 9.17) is 4.74 Å². The van der Waals surface area contributed by atoms with Gasteiger partial charge in [0.15, 0.2) is 0 Å². The Hall–Kier alpha value is -2.89. The SMILES string of the molecule is COc1cccc(C(=O)N2CCC(C(=O)NCc3ccc(F)cc3)CC2)c1. The van der Waals surface area contributed by atoms with Crippen molar-refractivity contribution >= 4 is 11.8 Å². The van der Waals surface area contributed by atoms with Crippen molar-refractivity contribution in [3.63, 3.8) is 0 Å². The average molecular weight is 370 g/mol. The molecule has 2 amide bonds. The quantitative estimate of drug-likeness (QED) is 0.880. The Bertz CT molecular complexity index is 799. The van der Waals surface area contributed by atoms with Crippen LogP contribution in [0, 0.1) is 11.7 Å².